The lowest BCUT2D eigenvalue weighted by atomic mass is 9.95. The molecule has 19 heavy (non-hydrogen) atoms. The highest BCUT2D eigenvalue weighted by Crippen LogP contribution is 2.27. The molecule has 96 valence electrons. The normalized spacial score (nSPS) is 11.9. The molecule has 2 nitrogen and oxygen atoms in total. The number of ketones is 1. The second-order valence-corrected chi connectivity index (χ2v) is 4.97. The molecule has 1 aromatic heterocycles. The summed E-state index contributed by atoms with van der Waals surface area (Å²) in [6.07, 6.45) is 0. The highest BCUT2D eigenvalue weighted by atomic mass is 32.1. The van der Waals surface area contributed by atoms with Crippen LogP contribution in [-0.4, -0.2) is 5.78 Å². The summed E-state index contributed by atoms with van der Waals surface area (Å²) >= 11 is 1.21. The highest BCUT2D eigenvalue weighted by molar-refractivity contribution is 7.10. The molecule has 1 aromatic carbocycles. The molecular formula is C14H9F2NOS. The molecule has 0 fully saturated rings. The van der Waals surface area contributed by atoms with Crippen molar-refractivity contribution in [3.63, 3.8) is 0 Å². The fourth-order valence-electron chi connectivity index (χ4n) is 1.73. The molecule has 0 aliphatic carbocycles. The van der Waals surface area contributed by atoms with Crippen LogP contribution in [-0.2, 0) is 0 Å². The van der Waals surface area contributed by atoms with E-state index in [1.165, 1.54) is 24.3 Å². The number of rotatable bonds is 3. The van der Waals surface area contributed by atoms with Crippen LogP contribution in [0, 0.1) is 29.9 Å². The van der Waals surface area contributed by atoms with E-state index >= 15 is 0 Å². The number of Topliss-reactive ketones (excluding diaryl/α,β-unsaturated/α-hetero) is 1. The van der Waals surface area contributed by atoms with Crippen LogP contribution >= 0.6 is 11.3 Å². The van der Waals surface area contributed by atoms with Gasteiger partial charge in [-0.2, -0.15) is 5.26 Å². The number of halogens is 2. The third-order valence-corrected chi connectivity index (χ3v) is 3.69. The minimum atomic E-state index is -1.18. The number of thiophene rings is 1. The van der Waals surface area contributed by atoms with Crippen LogP contribution in [0.1, 0.15) is 26.7 Å². The van der Waals surface area contributed by atoms with Crippen molar-refractivity contribution in [3.05, 3.63) is 57.3 Å². The van der Waals surface area contributed by atoms with Gasteiger partial charge in [-0.3, -0.25) is 4.79 Å². The average Bonchev–Trinajstić information content (AvgIpc) is 2.89. The zero-order chi connectivity index (χ0) is 14.0. The summed E-state index contributed by atoms with van der Waals surface area (Å²) in [5, 5.41) is 10.8. The summed E-state index contributed by atoms with van der Waals surface area (Å²) in [4.78, 5) is 12.7. The van der Waals surface area contributed by atoms with Crippen LogP contribution in [0.15, 0.2) is 29.6 Å². The Morgan fingerprint density at radius 2 is 2.11 bits per heavy atom. The smallest absolute Gasteiger partial charge is 0.191 e. The van der Waals surface area contributed by atoms with Crippen LogP contribution in [0.4, 0.5) is 8.78 Å². The van der Waals surface area contributed by atoms with Gasteiger partial charge in [0.2, 0.25) is 0 Å². The monoisotopic (exact) mass is 277 g/mol. The molecular weight excluding hydrogens is 268 g/mol. The fourth-order valence-corrected chi connectivity index (χ4v) is 2.50. The predicted molar refractivity (Wildman–Crippen MR) is 68.1 cm³/mol. The Kier molecular flexibility index (Phi) is 3.72. The summed E-state index contributed by atoms with van der Waals surface area (Å²) in [5.41, 5.74) is -0.465. The summed E-state index contributed by atoms with van der Waals surface area (Å²) in [5.74, 6) is -3.86. The summed E-state index contributed by atoms with van der Waals surface area (Å²) in [6.45, 7) is 1.44. The van der Waals surface area contributed by atoms with Crippen molar-refractivity contribution in [3.8, 4) is 6.07 Å². The Labute approximate surface area is 112 Å². The molecule has 2 rings (SSSR count). The van der Waals surface area contributed by atoms with Crippen LogP contribution in [0.3, 0.4) is 0 Å². The van der Waals surface area contributed by atoms with E-state index in [1.54, 1.807) is 23.6 Å². The maximum Gasteiger partial charge on any atom is 0.191 e. The van der Waals surface area contributed by atoms with Crippen molar-refractivity contribution in [2.45, 2.75) is 12.8 Å². The van der Waals surface area contributed by atoms with E-state index in [2.05, 4.69) is 0 Å². The molecule has 0 spiro atoms. The second kappa shape index (κ2) is 5.29. The maximum absolute atomic E-state index is 13.9. The van der Waals surface area contributed by atoms with E-state index < -0.39 is 28.9 Å². The fraction of sp³-hybridized carbons (Fsp3) is 0.143. The van der Waals surface area contributed by atoms with Gasteiger partial charge in [0.15, 0.2) is 5.78 Å². The lowest BCUT2D eigenvalue weighted by Gasteiger charge is -2.09. The molecule has 1 heterocycles. The maximum atomic E-state index is 13.9. The predicted octanol–water partition coefficient (Wildman–Crippen LogP) is 3.82. The first-order valence-electron chi connectivity index (χ1n) is 5.48. The molecule has 0 amide bonds. The third kappa shape index (κ3) is 2.40. The SMILES string of the molecule is Cc1ccc(F)c(C(=O)C(C#N)c2cccs2)c1F. The lowest BCUT2D eigenvalue weighted by Crippen LogP contribution is -2.14. The van der Waals surface area contributed by atoms with E-state index in [0.717, 1.165) is 6.07 Å². The van der Waals surface area contributed by atoms with Gasteiger partial charge in [-0.15, -0.1) is 11.3 Å². The van der Waals surface area contributed by atoms with Crippen LogP contribution < -0.4 is 0 Å². The minimum Gasteiger partial charge on any atom is -0.292 e. The topological polar surface area (TPSA) is 40.9 Å². The molecule has 0 saturated carbocycles. The molecule has 1 atom stereocenters. The van der Waals surface area contributed by atoms with Gasteiger partial charge in [-0.05, 0) is 30.0 Å². The van der Waals surface area contributed by atoms with Gasteiger partial charge >= 0.3 is 0 Å². The molecule has 0 N–H and O–H groups in total. The zero-order valence-corrected chi connectivity index (χ0v) is 10.8. The van der Waals surface area contributed by atoms with Gasteiger partial charge in [0.05, 0.1) is 11.6 Å². The van der Waals surface area contributed by atoms with Crippen LogP contribution in [0.25, 0.3) is 0 Å². The number of carbonyl (C=O) groups excluding carboxylic acids is 1. The zero-order valence-electron chi connectivity index (χ0n) is 9.98. The average molecular weight is 277 g/mol. The van der Waals surface area contributed by atoms with Gasteiger partial charge in [-0.1, -0.05) is 12.1 Å². The first-order chi connectivity index (χ1) is 9.06. The summed E-state index contributed by atoms with van der Waals surface area (Å²) in [7, 11) is 0. The quantitative estimate of drug-likeness (QED) is 0.800. The molecule has 0 aliphatic rings. The number of carbonyl (C=O) groups is 1. The van der Waals surface area contributed by atoms with Crippen molar-refractivity contribution in [1.29, 1.82) is 5.26 Å². The van der Waals surface area contributed by atoms with E-state index in [0.29, 0.717) is 4.88 Å². The van der Waals surface area contributed by atoms with Crippen LogP contribution in [0.2, 0.25) is 0 Å². The van der Waals surface area contributed by atoms with Crippen molar-refractivity contribution in [2.24, 2.45) is 0 Å². The summed E-state index contributed by atoms with van der Waals surface area (Å²) < 4.78 is 27.5. The van der Waals surface area contributed by atoms with Crippen molar-refractivity contribution < 1.29 is 13.6 Å². The number of hydrogen-bond acceptors (Lipinski definition) is 3. The number of nitriles is 1. The van der Waals surface area contributed by atoms with Crippen LogP contribution in [0.5, 0.6) is 0 Å². The largest absolute Gasteiger partial charge is 0.292 e. The van der Waals surface area contributed by atoms with Crippen molar-refractivity contribution >= 4 is 17.1 Å². The Hall–Kier alpha value is -2.06. The van der Waals surface area contributed by atoms with Crippen molar-refractivity contribution in [1.82, 2.24) is 0 Å². The van der Waals surface area contributed by atoms with Crippen molar-refractivity contribution in [2.75, 3.05) is 0 Å². The number of benzene rings is 1. The molecule has 2 aromatic rings. The van der Waals surface area contributed by atoms with E-state index in [1.807, 2.05) is 0 Å². The van der Waals surface area contributed by atoms with Gasteiger partial charge in [0, 0.05) is 4.88 Å². The lowest BCUT2D eigenvalue weighted by molar-refractivity contribution is 0.0971. The van der Waals surface area contributed by atoms with Gasteiger partial charge in [0.25, 0.3) is 0 Å². The molecule has 0 saturated heterocycles. The molecule has 0 aliphatic heterocycles. The Morgan fingerprint density at radius 1 is 1.37 bits per heavy atom. The van der Waals surface area contributed by atoms with E-state index in [4.69, 9.17) is 5.26 Å². The molecule has 1 unspecified atom stereocenters. The first-order valence-corrected chi connectivity index (χ1v) is 6.36. The second-order valence-electron chi connectivity index (χ2n) is 4.00. The van der Waals surface area contributed by atoms with Gasteiger partial charge in [0.1, 0.15) is 17.6 Å². The standard InChI is InChI=1S/C14H9F2NOS/c1-8-4-5-10(15)12(13(8)16)14(18)9(7-17)11-3-2-6-19-11/h2-6,9H,1H3. The Balaban J connectivity index is 2.51. The molecule has 0 bridgehead atoms. The molecule has 5 heteroatoms. The number of aryl methyl sites for hydroxylation is 1. The minimum absolute atomic E-state index is 0.174. The number of nitrogens with zero attached hydrogens (tertiary/aromatic N) is 1. The molecule has 0 radical (unpaired) electrons. The summed E-state index contributed by atoms with van der Waals surface area (Å²) in [6, 6.07) is 7.38. The Bertz CT molecular complexity index is 659. The third-order valence-electron chi connectivity index (χ3n) is 2.75. The Morgan fingerprint density at radius 3 is 2.68 bits per heavy atom. The van der Waals surface area contributed by atoms with E-state index in [9.17, 15) is 13.6 Å². The van der Waals surface area contributed by atoms with Gasteiger partial charge in [-0.25, -0.2) is 8.78 Å². The first kappa shape index (κ1) is 13.4. The van der Waals surface area contributed by atoms with E-state index in [-0.39, 0.29) is 5.56 Å². The highest BCUT2D eigenvalue weighted by Gasteiger charge is 2.28. The van der Waals surface area contributed by atoms with Gasteiger partial charge < -0.3 is 0 Å². The number of hydrogen-bond donors (Lipinski definition) is 0.